The molecule has 6 nitrogen and oxygen atoms in total. The Balaban J connectivity index is 1.23. The molecule has 190 valence electrons. The molecule has 0 saturated carbocycles. The summed E-state index contributed by atoms with van der Waals surface area (Å²) in [6.45, 7) is 7.73. The number of carbonyl (C=O) groups excluding carboxylic acids is 1. The highest BCUT2D eigenvalue weighted by atomic mass is 32.2. The highest BCUT2D eigenvalue weighted by molar-refractivity contribution is 7.89. The lowest BCUT2D eigenvalue weighted by Gasteiger charge is -2.37. The van der Waals surface area contributed by atoms with Crippen molar-refractivity contribution in [2.45, 2.75) is 38.0 Å². The number of aryl methyl sites for hydroxylation is 2. The van der Waals surface area contributed by atoms with Crippen LogP contribution in [0.4, 0.5) is 5.69 Å². The summed E-state index contributed by atoms with van der Waals surface area (Å²) in [7, 11) is -3.56. The quantitative estimate of drug-likeness (QED) is 0.475. The fraction of sp³-hybridized carbons (Fsp3) is 0.345. The van der Waals surface area contributed by atoms with Crippen molar-refractivity contribution >= 4 is 21.6 Å². The van der Waals surface area contributed by atoms with Crippen LogP contribution in [0.3, 0.4) is 0 Å². The molecule has 1 amide bonds. The number of rotatable bonds is 9. The first kappa shape index (κ1) is 25.9. The van der Waals surface area contributed by atoms with Crippen LogP contribution in [0.25, 0.3) is 0 Å². The zero-order valence-electron chi connectivity index (χ0n) is 21.1. The summed E-state index contributed by atoms with van der Waals surface area (Å²) in [4.78, 5) is 17.3. The molecule has 0 unspecified atom stereocenters. The van der Waals surface area contributed by atoms with E-state index in [1.165, 1.54) is 16.8 Å². The fourth-order valence-corrected chi connectivity index (χ4v) is 5.61. The van der Waals surface area contributed by atoms with Crippen molar-refractivity contribution in [3.63, 3.8) is 0 Å². The van der Waals surface area contributed by atoms with Crippen molar-refractivity contribution in [1.82, 2.24) is 9.62 Å². The Bertz CT molecular complexity index is 1270. The first-order chi connectivity index (χ1) is 17.3. The minimum atomic E-state index is -3.56. The second-order valence-electron chi connectivity index (χ2n) is 9.36. The van der Waals surface area contributed by atoms with E-state index in [9.17, 15) is 13.2 Å². The Morgan fingerprint density at radius 3 is 2.17 bits per heavy atom. The van der Waals surface area contributed by atoms with Crippen LogP contribution in [0.5, 0.6) is 0 Å². The maximum atomic E-state index is 12.8. The largest absolute Gasteiger partial charge is 0.368 e. The molecule has 7 heteroatoms. The molecule has 1 heterocycles. The Labute approximate surface area is 215 Å². The van der Waals surface area contributed by atoms with Gasteiger partial charge in [0, 0.05) is 44.8 Å². The van der Waals surface area contributed by atoms with E-state index in [4.69, 9.17) is 0 Å². The second kappa shape index (κ2) is 11.7. The second-order valence-corrected chi connectivity index (χ2v) is 11.1. The minimum Gasteiger partial charge on any atom is -0.368 e. The summed E-state index contributed by atoms with van der Waals surface area (Å²) >= 11 is 0. The summed E-state index contributed by atoms with van der Waals surface area (Å²) < 4.78 is 27.9. The van der Waals surface area contributed by atoms with Gasteiger partial charge in [0.1, 0.15) is 0 Å². The number of nitrogens with zero attached hydrogens (tertiary/aromatic N) is 2. The molecule has 1 aliphatic rings. The summed E-state index contributed by atoms with van der Waals surface area (Å²) in [6.07, 6.45) is 1.65. The molecule has 4 rings (SSSR count). The maximum absolute atomic E-state index is 12.8. The number of hydrogen-bond acceptors (Lipinski definition) is 4. The van der Waals surface area contributed by atoms with Gasteiger partial charge in [-0.3, -0.25) is 4.79 Å². The van der Waals surface area contributed by atoms with Gasteiger partial charge in [-0.05, 0) is 67.1 Å². The van der Waals surface area contributed by atoms with E-state index >= 15 is 0 Å². The standard InChI is InChI=1S/C29H35N3O3S/c1-23-7-6-10-28(24(23)2)31-19-21-32(22-20-31)29(33)16-13-26-11-14-27(15-12-26)36(34,35)30-18-17-25-8-4-3-5-9-25/h3-12,14-15,30H,13,16-22H2,1-2H3. The number of hydrogen-bond donors (Lipinski definition) is 1. The van der Waals surface area contributed by atoms with Gasteiger partial charge >= 0.3 is 0 Å². The van der Waals surface area contributed by atoms with Crippen LogP contribution in [-0.4, -0.2) is 51.9 Å². The minimum absolute atomic E-state index is 0.148. The van der Waals surface area contributed by atoms with Crippen molar-refractivity contribution < 1.29 is 13.2 Å². The molecule has 1 saturated heterocycles. The number of sulfonamides is 1. The van der Waals surface area contributed by atoms with Gasteiger partial charge in [-0.2, -0.15) is 0 Å². The van der Waals surface area contributed by atoms with Crippen LogP contribution >= 0.6 is 0 Å². The Kier molecular flexibility index (Phi) is 8.44. The third-order valence-electron chi connectivity index (χ3n) is 6.96. The van der Waals surface area contributed by atoms with E-state index in [2.05, 4.69) is 41.7 Å². The molecule has 0 aliphatic carbocycles. The average molecular weight is 506 g/mol. The Morgan fingerprint density at radius 2 is 1.47 bits per heavy atom. The lowest BCUT2D eigenvalue weighted by atomic mass is 10.1. The van der Waals surface area contributed by atoms with Crippen molar-refractivity contribution in [1.29, 1.82) is 0 Å². The van der Waals surface area contributed by atoms with Gasteiger partial charge in [0.25, 0.3) is 0 Å². The van der Waals surface area contributed by atoms with E-state index in [1.54, 1.807) is 24.3 Å². The van der Waals surface area contributed by atoms with E-state index in [-0.39, 0.29) is 10.8 Å². The number of amides is 1. The van der Waals surface area contributed by atoms with Gasteiger partial charge in [0.2, 0.25) is 15.9 Å². The Hall–Kier alpha value is -3.16. The zero-order valence-corrected chi connectivity index (χ0v) is 21.9. The van der Waals surface area contributed by atoms with Crippen LogP contribution in [0.1, 0.15) is 28.7 Å². The molecule has 0 radical (unpaired) electrons. The van der Waals surface area contributed by atoms with Crippen LogP contribution in [0, 0.1) is 13.8 Å². The van der Waals surface area contributed by atoms with Gasteiger partial charge in [0.05, 0.1) is 4.90 Å². The predicted molar refractivity (Wildman–Crippen MR) is 145 cm³/mol. The molecule has 3 aromatic carbocycles. The monoisotopic (exact) mass is 505 g/mol. The number of benzene rings is 3. The number of carbonyl (C=O) groups is 1. The molecular formula is C29H35N3O3S. The average Bonchev–Trinajstić information content (AvgIpc) is 2.90. The van der Waals surface area contributed by atoms with Crippen LogP contribution in [-0.2, 0) is 27.7 Å². The van der Waals surface area contributed by atoms with Crippen LogP contribution < -0.4 is 9.62 Å². The van der Waals surface area contributed by atoms with E-state index in [0.717, 1.165) is 37.3 Å². The Morgan fingerprint density at radius 1 is 0.806 bits per heavy atom. The third kappa shape index (κ3) is 6.53. The summed E-state index contributed by atoms with van der Waals surface area (Å²) in [6, 6.07) is 23.0. The van der Waals surface area contributed by atoms with Crippen LogP contribution in [0.15, 0.2) is 77.7 Å². The molecule has 3 aromatic rings. The van der Waals surface area contributed by atoms with Gasteiger partial charge in [-0.25, -0.2) is 13.1 Å². The van der Waals surface area contributed by atoms with Gasteiger partial charge in [-0.15, -0.1) is 0 Å². The number of nitrogens with one attached hydrogen (secondary N) is 1. The first-order valence-electron chi connectivity index (χ1n) is 12.5. The first-order valence-corrected chi connectivity index (χ1v) is 14.0. The molecule has 0 bridgehead atoms. The molecule has 1 fully saturated rings. The smallest absolute Gasteiger partial charge is 0.240 e. The molecular weight excluding hydrogens is 470 g/mol. The zero-order chi connectivity index (χ0) is 25.5. The normalized spacial score (nSPS) is 14.2. The molecule has 1 aliphatic heterocycles. The fourth-order valence-electron chi connectivity index (χ4n) is 4.58. The van der Waals surface area contributed by atoms with E-state index in [1.807, 2.05) is 35.2 Å². The van der Waals surface area contributed by atoms with E-state index < -0.39 is 10.0 Å². The SMILES string of the molecule is Cc1cccc(N2CCN(C(=O)CCc3ccc(S(=O)(=O)NCCc4ccccc4)cc3)CC2)c1C. The van der Waals surface area contributed by atoms with Crippen molar-refractivity contribution in [3.8, 4) is 0 Å². The number of anilines is 1. The summed E-state index contributed by atoms with van der Waals surface area (Å²) in [5, 5.41) is 0. The van der Waals surface area contributed by atoms with Gasteiger partial charge in [0.15, 0.2) is 0 Å². The molecule has 36 heavy (non-hydrogen) atoms. The highest BCUT2D eigenvalue weighted by Gasteiger charge is 2.22. The molecule has 0 spiro atoms. The molecule has 1 N–H and O–H groups in total. The third-order valence-corrected chi connectivity index (χ3v) is 8.44. The number of piperazine rings is 1. The van der Waals surface area contributed by atoms with Gasteiger partial charge < -0.3 is 9.80 Å². The van der Waals surface area contributed by atoms with Crippen molar-refractivity contribution in [3.05, 3.63) is 95.1 Å². The van der Waals surface area contributed by atoms with Gasteiger partial charge in [-0.1, -0.05) is 54.6 Å². The summed E-state index contributed by atoms with van der Waals surface area (Å²) in [5.74, 6) is 0.148. The highest BCUT2D eigenvalue weighted by Crippen LogP contribution is 2.24. The molecule has 0 atom stereocenters. The topological polar surface area (TPSA) is 69.7 Å². The maximum Gasteiger partial charge on any atom is 0.240 e. The lowest BCUT2D eigenvalue weighted by molar-refractivity contribution is -0.131. The van der Waals surface area contributed by atoms with Crippen molar-refractivity contribution in [2.75, 3.05) is 37.6 Å². The van der Waals surface area contributed by atoms with Crippen LogP contribution in [0.2, 0.25) is 0 Å². The van der Waals surface area contributed by atoms with E-state index in [0.29, 0.717) is 25.8 Å². The lowest BCUT2D eigenvalue weighted by Crippen LogP contribution is -2.49. The van der Waals surface area contributed by atoms with Crippen molar-refractivity contribution in [2.24, 2.45) is 0 Å². The summed E-state index contributed by atoms with van der Waals surface area (Å²) in [5.41, 5.74) is 5.89. The predicted octanol–water partition coefficient (Wildman–Crippen LogP) is 4.11. The molecule has 0 aromatic heterocycles.